The number of allylic oxidation sites excluding steroid dienone is 1. The van der Waals surface area contributed by atoms with Crippen LogP contribution in [-0.4, -0.2) is 19.0 Å². The lowest BCUT2D eigenvalue weighted by molar-refractivity contribution is -0.146. The molecule has 1 rings (SSSR count). The second-order valence-corrected chi connectivity index (χ2v) is 4.60. The molecule has 0 radical (unpaired) electrons. The van der Waals surface area contributed by atoms with E-state index < -0.39 is 5.92 Å². The van der Waals surface area contributed by atoms with Crippen molar-refractivity contribution in [2.75, 3.05) is 7.11 Å². The average Bonchev–Trinajstić information content (AvgIpc) is 2.49. The first-order chi connectivity index (χ1) is 9.60. The van der Waals surface area contributed by atoms with Crippen LogP contribution in [0.25, 0.3) is 0 Å². The lowest BCUT2D eigenvalue weighted by Gasteiger charge is -2.24. The highest BCUT2D eigenvalue weighted by atomic mass is 16.5. The van der Waals surface area contributed by atoms with E-state index in [0.29, 0.717) is 12.8 Å². The van der Waals surface area contributed by atoms with E-state index in [0.717, 1.165) is 5.56 Å². The molecule has 0 aromatic heterocycles. The standard InChI is InChI=1S/C16H21NO3/c1-4-5-11-14(18)17-15(12(2)16(19)20-3)13-9-7-6-8-10-13/h4,6-10,12,15H,1,5,11H2,2-3H3,(H,17,18). The van der Waals surface area contributed by atoms with Gasteiger partial charge in [-0.25, -0.2) is 0 Å². The van der Waals surface area contributed by atoms with E-state index in [9.17, 15) is 9.59 Å². The normalized spacial score (nSPS) is 13.1. The zero-order chi connectivity index (χ0) is 15.0. The number of rotatable bonds is 7. The Kier molecular flexibility index (Phi) is 6.50. The molecule has 1 N–H and O–H groups in total. The van der Waals surface area contributed by atoms with E-state index in [1.165, 1.54) is 7.11 Å². The number of nitrogens with one attached hydrogen (secondary N) is 1. The van der Waals surface area contributed by atoms with E-state index in [1.54, 1.807) is 13.0 Å². The average molecular weight is 275 g/mol. The fraction of sp³-hybridized carbons (Fsp3) is 0.375. The Morgan fingerprint density at radius 3 is 2.55 bits per heavy atom. The van der Waals surface area contributed by atoms with Crippen molar-refractivity contribution in [3.8, 4) is 0 Å². The van der Waals surface area contributed by atoms with Gasteiger partial charge in [-0.3, -0.25) is 9.59 Å². The van der Waals surface area contributed by atoms with Crippen molar-refractivity contribution < 1.29 is 14.3 Å². The summed E-state index contributed by atoms with van der Waals surface area (Å²) in [6, 6.07) is 9.03. The Labute approximate surface area is 119 Å². The number of carbonyl (C=O) groups is 2. The van der Waals surface area contributed by atoms with Crippen molar-refractivity contribution in [2.24, 2.45) is 5.92 Å². The van der Waals surface area contributed by atoms with Crippen LogP contribution in [0, 0.1) is 5.92 Å². The van der Waals surface area contributed by atoms with Crippen LogP contribution in [0.15, 0.2) is 43.0 Å². The van der Waals surface area contributed by atoms with Crippen molar-refractivity contribution in [1.82, 2.24) is 5.32 Å². The Morgan fingerprint density at radius 1 is 1.35 bits per heavy atom. The summed E-state index contributed by atoms with van der Waals surface area (Å²) in [5.74, 6) is -0.896. The number of methoxy groups -OCH3 is 1. The smallest absolute Gasteiger partial charge is 0.310 e. The first-order valence-corrected chi connectivity index (χ1v) is 6.63. The van der Waals surface area contributed by atoms with Crippen molar-refractivity contribution in [3.63, 3.8) is 0 Å². The zero-order valence-electron chi connectivity index (χ0n) is 12.0. The number of hydrogen-bond donors (Lipinski definition) is 1. The van der Waals surface area contributed by atoms with E-state index in [2.05, 4.69) is 11.9 Å². The highest BCUT2D eigenvalue weighted by molar-refractivity contribution is 5.79. The quantitative estimate of drug-likeness (QED) is 0.614. The predicted molar refractivity (Wildman–Crippen MR) is 77.9 cm³/mol. The van der Waals surface area contributed by atoms with Crippen LogP contribution in [0.3, 0.4) is 0 Å². The van der Waals surface area contributed by atoms with Crippen LogP contribution in [0.1, 0.15) is 31.4 Å². The van der Waals surface area contributed by atoms with Gasteiger partial charge in [-0.15, -0.1) is 6.58 Å². The number of hydrogen-bond acceptors (Lipinski definition) is 3. The molecule has 0 heterocycles. The molecular formula is C16H21NO3. The predicted octanol–water partition coefficient (Wildman–Crippen LogP) is 2.62. The van der Waals surface area contributed by atoms with Gasteiger partial charge in [0.2, 0.25) is 5.91 Å². The maximum absolute atomic E-state index is 11.9. The van der Waals surface area contributed by atoms with Gasteiger partial charge in [-0.05, 0) is 18.9 Å². The minimum absolute atomic E-state index is 0.102. The molecule has 1 amide bonds. The molecule has 0 aliphatic carbocycles. The fourth-order valence-corrected chi connectivity index (χ4v) is 1.96. The van der Waals surface area contributed by atoms with Crippen molar-refractivity contribution in [2.45, 2.75) is 25.8 Å². The van der Waals surface area contributed by atoms with Gasteiger partial charge in [-0.1, -0.05) is 36.4 Å². The molecule has 20 heavy (non-hydrogen) atoms. The van der Waals surface area contributed by atoms with Crippen LogP contribution in [0.4, 0.5) is 0 Å². The molecule has 0 aliphatic rings. The molecule has 0 saturated carbocycles. The van der Waals surface area contributed by atoms with E-state index in [1.807, 2.05) is 30.3 Å². The van der Waals surface area contributed by atoms with Crippen LogP contribution in [0.2, 0.25) is 0 Å². The van der Waals surface area contributed by atoms with E-state index in [-0.39, 0.29) is 17.9 Å². The van der Waals surface area contributed by atoms with Crippen molar-refractivity contribution >= 4 is 11.9 Å². The summed E-state index contributed by atoms with van der Waals surface area (Å²) in [7, 11) is 1.35. The van der Waals surface area contributed by atoms with Gasteiger partial charge in [-0.2, -0.15) is 0 Å². The molecule has 2 unspecified atom stereocenters. The monoisotopic (exact) mass is 275 g/mol. The largest absolute Gasteiger partial charge is 0.469 e. The molecular weight excluding hydrogens is 254 g/mol. The number of amides is 1. The maximum Gasteiger partial charge on any atom is 0.310 e. The highest BCUT2D eigenvalue weighted by Crippen LogP contribution is 2.23. The topological polar surface area (TPSA) is 55.4 Å². The summed E-state index contributed by atoms with van der Waals surface area (Å²) < 4.78 is 4.77. The van der Waals surface area contributed by atoms with Gasteiger partial charge in [0.15, 0.2) is 0 Å². The minimum atomic E-state index is -0.449. The van der Waals surface area contributed by atoms with Crippen LogP contribution in [0.5, 0.6) is 0 Å². The number of benzene rings is 1. The molecule has 4 nitrogen and oxygen atoms in total. The molecule has 0 fully saturated rings. The zero-order valence-corrected chi connectivity index (χ0v) is 12.0. The third kappa shape index (κ3) is 4.53. The Hall–Kier alpha value is -2.10. The van der Waals surface area contributed by atoms with Gasteiger partial charge in [0, 0.05) is 6.42 Å². The maximum atomic E-state index is 11.9. The molecule has 0 aliphatic heterocycles. The summed E-state index contributed by atoms with van der Waals surface area (Å²) in [5.41, 5.74) is 0.886. The molecule has 0 spiro atoms. The number of esters is 1. The van der Waals surface area contributed by atoms with Gasteiger partial charge >= 0.3 is 5.97 Å². The van der Waals surface area contributed by atoms with Crippen molar-refractivity contribution in [3.05, 3.63) is 48.6 Å². The van der Waals surface area contributed by atoms with Crippen LogP contribution >= 0.6 is 0 Å². The molecule has 4 heteroatoms. The summed E-state index contributed by atoms with van der Waals surface area (Å²) in [4.78, 5) is 23.6. The molecule has 1 aromatic carbocycles. The van der Waals surface area contributed by atoms with E-state index >= 15 is 0 Å². The highest BCUT2D eigenvalue weighted by Gasteiger charge is 2.27. The molecule has 0 saturated heterocycles. The summed E-state index contributed by atoms with van der Waals surface area (Å²) >= 11 is 0. The van der Waals surface area contributed by atoms with Gasteiger partial charge < -0.3 is 10.1 Å². The third-order valence-corrected chi connectivity index (χ3v) is 3.12. The second kappa shape index (κ2) is 8.15. The van der Waals surface area contributed by atoms with Crippen molar-refractivity contribution in [1.29, 1.82) is 0 Å². The summed E-state index contributed by atoms with van der Waals surface area (Å²) in [6.07, 6.45) is 2.67. The Balaban J connectivity index is 2.87. The first-order valence-electron chi connectivity index (χ1n) is 6.63. The van der Waals surface area contributed by atoms with Gasteiger partial charge in [0.1, 0.15) is 0 Å². The minimum Gasteiger partial charge on any atom is -0.469 e. The Morgan fingerprint density at radius 2 is 2.00 bits per heavy atom. The molecule has 0 bridgehead atoms. The fourth-order valence-electron chi connectivity index (χ4n) is 1.96. The number of carbonyl (C=O) groups excluding carboxylic acids is 2. The summed E-state index contributed by atoms with van der Waals surface area (Å²) in [6.45, 7) is 5.34. The lowest BCUT2D eigenvalue weighted by Crippen LogP contribution is -2.35. The molecule has 1 aromatic rings. The van der Waals surface area contributed by atoms with Crippen LogP contribution < -0.4 is 5.32 Å². The lowest BCUT2D eigenvalue weighted by atomic mass is 9.94. The van der Waals surface area contributed by atoms with Crippen LogP contribution in [-0.2, 0) is 14.3 Å². The van der Waals surface area contributed by atoms with E-state index in [4.69, 9.17) is 4.74 Å². The third-order valence-electron chi connectivity index (χ3n) is 3.12. The molecule has 108 valence electrons. The summed E-state index contributed by atoms with van der Waals surface area (Å²) in [5, 5.41) is 2.90. The van der Waals surface area contributed by atoms with Gasteiger partial charge in [0.05, 0.1) is 19.1 Å². The molecule has 2 atom stereocenters. The first kappa shape index (κ1) is 16.0. The Bertz CT molecular complexity index is 456. The second-order valence-electron chi connectivity index (χ2n) is 4.60. The number of ether oxygens (including phenoxy) is 1. The van der Waals surface area contributed by atoms with Gasteiger partial charge in [0.25, 0.3) is 0 Å². The SMILES string of the molecule is C=CCCC(=O)NC(c1ccccc1)C(C)C(=O)OC.